The fourth-order valence-electron chi connectivity index (χ4n) is 1.87. The van der Waals surface area contributed by atoms with E-state index in [1.165, 1.54) is 43.0 Å². The van der Waals surface area contributed by atoms with E-state index in [-0.39, 0.29) is 0 Å². The summed E-state index contributed by atoms with van der Waals surface area (Å²) in [6.45, 7) is 3.31. The topological polar surface area (TPSA) is 24.4 Å². The summed E-state index contributed by atoms with van der Waals surface area (Å²) in [6, 6.07) is 0.677. The zero-order valence-electron chi connectivity index (χ0n) is 8.96. The number of hydrogen-bond donors (Lipinski definition) is 1. The van der Waals surface area contributed by atoms with Crippen LogP contribution >= 0.6 is 11.8 Å². The van der Waals surface area contributed by atoms with E-state index < -0.39 is 0 Å². The summed E-state index contributed by atoms with van der Waals surface area (Å²) >= 11 is 1.90. The maximum Gasteiger partial charge on any atom is 0.156 e. The van der Waals surface area contributed by atoms with Crippen LogP contribution in [0.2, 0.25) is 0 Å². The normalized spacial score (nSPS) is 31.2. The smallest absolute Gasteiger partial charge is 0.156 e. The van der Waals surface area contributed by atoms with Gasteiger partial charge in [-0.1, -0.05) is 25.1 Å². The minimum atomic E-state index is 0.677. The van der Waals surface area contributed by atoms with Gasteiger partial charge in [-0.15, -0.1) is 0 Å². The molecular weight excluding hydrogens is 192 g/mol. The van der Waals surface area contributed by atoms with Gasteiger partial charge in [0.05, 0.1) is 0 Å². The Morgan fingerprint density at radius 3 is 2.93 bits per heavy atom. The van der Waals surface area contributed by atoms with Gasteiger partial charge in [0, 0.05) is 18.3 Å². The van der Waals surface area contributed by atoms with Crippen LogP contribution in [0.1, 0.15) is 39.0 Å². The van der Waals surface area contributed by atoms with Crippen molar-refractivity contribution < 1.29 is 0 Å². The molecule has 1 heterocycles. The molecule has 3 heteroatoms. The molecule has 1 unspecified atom stereocenters. The van der Waals surface area contributed by atoms with E-state index in [2.05, 4.69) is 17.2 Å². The van der Waals surface area contributed by atoms with Gasteiger partial charge in [-0.25, -0.2) is 0 Å². The Hall–Kier alpha value is -0.180. The monoisotopic (exact) mass is 212 g/mol. The molecule has 2 nitrogen and oxygen atoms in total. The number of hydrogen-bond acceptors (Lipinski definition) is 2. The standard InChI is InChI=1S/C11H20N2S/c1-2-10-6-7-14-11(13-10)12-8-9-4-3-5-9/h9-10H,2-8H2,1H3,(H,12,13). The highest BCUT2D eigenvalue weighted by Crippen LogP contribution is 2.27. The highest BCUT2D eigenvalue weighted by Gasteiger charge is 2.19. The second kappa shape index (κ2) is 5.06. The molecule has 14 heavy (non-hydrogen) atoms. The van der Waals surface area contributed by atoms with Gasteiger partial charge in [0.2, 0.25) is 0 Å². The molecule has 0 aromatic carbocycles. The lowest BCUT2D eigenvalue weighted by molar-refractivity contribution is 0.326. The van der Waals surface area contributed by atoms with E-state index in [4.69, 9.17) is 0 Å². The van der Waals surface area contributed by atoms with Gasteiger partial charge >= 0.3 is 0 Å². The van der Waals surface area contributed by atoms with Gasteiger partial charge in [0.15, 0.2) is 5.17 Å². The van der Waals surface area contributed by atoms with Crippen molar-refractivity contribution in [1.82, 2.24) is 5.32 Å². The van der Waals surface area contributed by atoms with Crippen molar-refractivity contribution >= 4 is 16.9 Å². The van der Waals surface area contributed by atoms with E-state index in [1.54, 1.807) is 0 Å². The van der Waals surface area contributed by atoms with Gasteiger partial charge < -0.3 is 5.32 Å². The number of thioether (sulfide) groups is 1. The van der Waals surface area contributed by atoms with Gasteiger partial charge in [0.1, 0.15) is 0 Å². The van der Waals surface area contributed by atoms with Crippen molar-refractivity contribution in [2.75, 3.05) is 12.3 Å². The molecule has 1 N–H and O–H groups in total. The third-order valence-corrected chi connectivity index (χ3v) is 4.20. The molecular formula is C11H20N2S. The fraction of sp³-hybridized carbons (Fsp3) is 0.909. The third-order valence-electron chi connectivity index (χ3n) is 3.24. The summed E-state index contributed by atoms with van der Waals surface area (Å²) in [6.07, 6.45) is 6.75. The summed E-state index contributed by atoms with van der Waals surface area (Å²) in [5.41, 5.74) is 0. The van der Waals surface area contributed by atoms with Crippen molar-refractivity contribution in [3.8, 4) is 0 Å². The van der Waals surface area contributed by atoms with Crippen molar-refractivity contribution in [3.63, 3.8) is 0 Å². The molecule has 1 aliphatic carbocycles. The van der Waals surface area contributed by atoms with Crippen LogP contribution in [0.4, 0.5) is 0 Å². The summed E-state index contributed by atoms with van der Waals surface area (Å²) in [7, 11) is 0. The van der Waals surface area contributed by atoms with E-state index in [0.29, 0.717) is 6.04 Å². The second-order valence-electron chi connectivity index (χ2n) is 4.33. The number of amidine groups is 1. The lowest BCUT2D eigenvalue weighted by Crippen LogP contribution is -2.37. The van der Waals surface area contributed by atoms with Crippen LogP contribution in [0.3, 0.4) is 0 Å². The molecule has 2 rings (SSSR count). The Bertz CT molecular complexity index is 211. The van der Waals surface area contributed by atoms with Crippen molar-refractivity contribution in [1.29, 1.82) is 0 Å². The maximum atomic E-state index is 4.67. The highest BCUT2D eigenvalue weighted by molar-refractivity contribution is 8.13. The molecule has 1 saturated carbocycles. The van der Waals surface area contributed by atoms with Gasteiger partial charge in [-0.3, -0.25) is 4.99 Å². The molecule has 0 bridgehead atoms. The Kier molecular flexibility index (Phi) is 3.74. The Labute approximate surface area is 90.9 Å². The zero-order chi connectivity index (χ0) is 9.80. The van der Waals surface area contributed by atoms with Crippen molar-refractivity contribution in [3.05, 3.63) is 0 Å². The van der Waals surface area contributed by atoms with Crippen LogP contribution in [-0.2, 0) is 0 Å². The molecule has 0 radical (unpaired) electrons. The van der Waals surface area contributed by atoms with Crippen LogP contribution in [0, 0.1) is 5.92 Å². The quantitative estimate of drug-likeness (QED) is 0.778. The summed E-state index contributed by atoms with van der Waals surface area (Å²) in [5.74, 6) is 2.14. The molecule has 0 spiro atoms. The average Bonchev–Trinajstić information content (AvgIpc) is 2.16. The van der Waals surface area contributed by atoms with Crippen LogP contribution < -0.4 is 5.32 Å². The molecule has 2 fully saturated rings. The van der Waals surface area contributed by atoms with Gasteiger partial charge in [-0.2, -0.15) is 0 Å². The first-order chi connectivity index (χ1) is 6.88. The minimum Gasteiger partial charge on any atom is -0.362 e. The van der Waals surface area contributed by atoms with Crippen LogP contribution in [0.15, 0.2) is 4.99 Å². The first-order valence-corrected chi connectivity index (χ1v) is 6.81. The van der Waals surface area contributed by atoms with E-state index in [0.717, 1.165) is 12.5 Å². The SMILES string of the molecule is CCC1CCSC(=NCC2CCC2)N1. The molecule has 0 aromatic rings. The number of nitrogens with one attached hydrogen (secondary N) is 1. The highest BCUT2D eigenvalue weighted by atomic mass is 32.2. The van der Waals surface area contributed by atoms with Gasteiger partial charge in [0.25, 0.3) is 0 Å². The molecule has 1 aliphatic heterocycles. The van der Waals surface area contributed by atoms with Crippen LogP contribution in [0.5, 0.6) is 0 Å². The predicted molar refractivity (Wildman–Crippen MR) is 63.9 cm³/mol. The number of nitrogens with zero attached hydrogens (tertiary/aromatic N) is 1. The lowest BCUT2D eigenvalue weighted by atomic mass is 9.86. The van der Waals surface area contributed by atoms with E-state index >= 15 is 0 Å². The van der Waals surface area contributed by atoms with Crippen LogP contribution in [0.25, 0.3) is 0 Å². The second-order valence-corrected chi connectivity index (χ2v) is 5.41. The van der Waals surface area contributed by atoms with Crippen molar-refractivity contribution in [2.24, 2.45) is 10.9 Å². The Morgan fingerprint density at radius 2 is 2.29 bits per heavy atom. The van der Waals surface area contributed by atoms with E-state index in [1.807, 2.05) is 11.8 Å². The fourth-order valence-corrected chi connectivity index (χ4v) is 2.88. The molecule has 0 aromatic heterocycles. The number of aliphatic imine (C=N–C) groups is 1. The summed E-state index contributed by atoms with van der Waals surface area (Å²) < 4.78 is 0. The molecule has 2 aliphatic rings. The summed E-state index contributed by atoms with van der Waals surface area (Å²) in [4.78, 5) is 4.67. The largest absolute Gasteiger partial charge is 0.362 e. The molecule has 1 atom stereocenters. The van der Waals surface area contributed by atoms with Crippen molar-refractivity contribution in [2.45, 2.75) is 45.1 Å². The average molecular weight is 212 g/mol. The molecule has 80 valence electrons. The maximum absolute atomic E-state index is 4.67. The van der Waals surface area contributed by atoms with Crippen LogP contribution in [-0.4, -0.2) is 23.5 Å². The zero-order valence-corrected chi connectivity index (χ0v) is 9.78. The Morgan fingerprint density at radius 1 is 1.43 bits per heavy atom. The Balaban J connectivity index is 1.77. The molecule has 0 amide bonds. The number of rotatable bonds is 3. The predicted octanol–water partition coefficient (Wildman–Crippen LogP) is 2.65. The summed E-state index contributed by atoms with van der Waals surface area (Å²) in [5, 5.41) is 4.72. The van der Waals surface area contributed by atoms with Gasteiger partial charge in [-0.05, 0) is 31.6 Å². The lowest BCUT2D eigenvalue weighted by Gasteiger charge is -2.26. The van der Waals surface area contributed by atoms with E-state index in [9.17, 15) is 0 Å². The first kappa shape index (κ1) is 10.3. The third kappa shape index (κ3) is 2.66. The first-order valence-electron chi connectivity index (χ1n) is 5.82. The molecule has 1 saturated heterocycles. The minimum absolute atomic E-state index is 0.677.